The van der Waals surface area contributed by atoms with Crippen molar-refractivity contribution in [1.29, 1.82) is 0 Å². The second-order valence-electron chi connectivity index (χ2n) is 2.77. The second-order valence-corrected chi connectivity index (χ2v) is 5.25. The highest BCUT2D eigenvalue weighted by Crippen LogP contribution is 2.36. The molecule has 0 fully saturated rings. The monoisotopic (exact) mass is 287 g/mol. The van der Waals surface area contributed by atoms with Gasteiger partial charge < -0.3 is 5.73 Å². The fraction of sp³-hybridized carbons (Fsp3) is 0.167. The summed E-state index contributed by atoms with van der Waals surface area (Å²) in [7, 11) is 0.298. The molecule has 94 valence electrons. The minimum Gasteiger partial charge on any atom is -0.393 e. The molecule has 7 nitrogen and oxygen atoms in total. The number of nitrogen functional groups attached to an aromatic ring is 1. The first-order valence-corrected chi connectivity index (χ1v) is 6.12. The maximum absolute atomic E-state index is 12.6. The molecule has 0 spiro atoms. The molecule has 17 heavy (non-hydrogen) atoms. The van der Waals surface area contributed by atoms with Crippen molar-refractivity contribution in [2.24, 2.45) is 0 Å². The van der Waals surface area contributed by atoms with Crippen LogP contribution in [0.3, 0.4) is 0 Å². The molecule has 0 radical (unpaired) electrons. The molecule has 0 aliphatic rings. The molecule has 1 rings (SSSR count). The summed E-state index contributed by atoms with van der Waals surface area (Å²) in [6, 6.07) is 0. The molecular weight excluding hydrogens is 284 g/mol. The van der Waals surface area contributed by atoms with E-state index in [2.05, 4.69) is 4.98 Å². The van der Waals surface area contributed by atoms with E-state index in [-0.39, 0.29) is 0 Å². The molecule has 0 saturated heterocycles. The minimum absolute atomic E-state index is 0.455. The van der Waals surface area contributed by atoms with Gasteiger partial charge in [-0.3, -0.25) is 10.1 Å². The molecule has 11 heteroatoms. The largest absolute Gasteiger partial charge is 0.393 e. The van der Waals surface area contributed by atoms with Crippen LogP contribution in [0, 0.1) is 10.1 Å². The smallest absolute Gasteiger partial charge is 0.310 e. The van der Waals surface area contributed by atoms with Crippen molar-refractivity contribution in [2.45, 2.75) is 11.5 Å². The number of alkyl halides is 2. The zero-order chi connectivity index (χ0) is 13.4. The van der Waals surface area contributed by atoms with Crippen LogP contribution >= 0.6 is 10.7 Å². The highest BCUT2D eigenvalue weighted by molar-refractivity contribution is 8.13. The number of rotatable bonds is 3. The number of hydrogen-bond acceptors (Lipinski definition) is 6. The summed E-state index contributed by atoms with van der Waals surface area (Å²) in [5, 5.41) is 9.23. The van der Waals surface area contributed by atoms with Gasteiger partial charge in [-0.2, -0.15) is 0 Å². The summed E-state index contributed by atoms with van der Waals surface area (Å²) >= 11 is 0. The predicted molar refractivity (Wildman–Crippen MR) is 53.3 cm³/mol. The summed E-state index contributed by atoms with van der Waals surface area (Å²) in [6.07, 6.45) is -2.90. The van der Waals surface area contributed by atoms with E-state index in [1.54, 1.807) is 0 Å². The molecular formula is C6H4ClF2N3O4S. The first kappa shape index (κ1) is 13.5. The third-order valence-electron chi connectivity index (χ3n) is 1.75. The Kier molecular flexibility index (Phi) is 3.48. The van der Waals surface area contributed by atoms with E-state index in [0.717, 1.165) is 0 Å². The van der Waals surface area contributed by atoms with Crippen molar-refractivity contribution >= 4 is 31.1 Å². The van der Waals surface area contributed by atoms with E-state index < -0.39 is 42.4 Å². The van der Waals surface area contributed by atoms with Crippen molar-refractivity contribution in [3.8, 4) is 0 Å². The number of halogens is 3. The van der Waals surface area contributed by atoms with Gasteiger partial charge in [0.1, 0.15) is 11.9 Å². The maximum Gasteiger partial charge on any atom is 0.310 e. The Morgan fingerprint density at radius 1 is 1.53 bits per heavy atom. The molecule has 0 unspecified atom stereocenters. The third-order valence-corrected chi connectivity index (χ3v) is 2.97. The Morgan fingerprint density at radius 2 is 2.06 bits per heavy atom. The standard InChI is InChI=1S/C6H4ClF2N3O4S/c7-17(15,16)6-3(5(8)9)4(10)2(1-11-6)12(13)14/h1,5H,(H2,10,11). The molecule has 0 atom stereocenters. The van der Waals surface area contributed by atoms with Crippen LogP contribution < -0.4 is 5.73 Å². The molecule has 1 aromatic heterocycles. The molecule has 0 aromatic carbocycles. The lowest BCUT2D eigenvalue weighted by molar-refractivity contribution is -0.384. The molecule has 0 bridgehead atoms. The van der Waals surface area contributed by atoms with Gasteiger partial charge in [0.2, 0.25) is 0 Å². The number of nitro groups is 1. The summed E-state index contributed by atoms with van der Waals surface area (Å²) in [6.45, 7) is 0. The van der Waals surface area contributed by atoms with Crippen molar-refractivity contribution in [3.63, 3.8) is 0 Å². The van der Waals surface area contributed by atoms with Crippen LogP contribution in [0.1, 0.15) is 12.0 Å². The second kappa shape index (κ2) is 4.37. The van der Waals surface area contributed by atoms with Gasteiger partial charge in [0, 0.05) is 10.7 Å². The lowest BCUT2D eigenvalue weighted by Crippen LogP contribution is -2.08. The summed E-state index contributed by atoms with van der Waals surface area (Å²) in [4.78, 5) is 12.4. The number of nitrogens with two attached hydrogens (primary N) is 1. The lowest BCUT2D eigenvalue weighted by atomic mass is 10.2. The van der Waals surface area contributed by atoms with Gasteiger partial charge >= 0.3 is 5.69 Å². The van der Waals surface area contributed by atoms with Crippen LogP contribution in [0.4, 0.5) is 20.2 Å². The Hall–Kier alpha value is -1.55. The first-order valence-electron chi connectivity index (χ1n) is 3.81. The van der Waals surface area contributed by atoms with Crippen molar-refractivity contribution in [3.05, 3.63) is 21.9 Å². The van der Waals surface area contributed by atoms with E-state index in [0.29, 0.717) is 6.20 Å². The molecule has 0 saturated carbocycles. The molecule has 2 N–H and O–H groups in total. The summed E-state index contributed by atoms with van der Waals surface area (Å²) in [5.41, 5.74) is 1.94. The fourth-order valence-electron chi connectivity index (χ4n) is 1.06. The average molecular weight is 288 g/mol. The SMILES string of the molecule is Nc1c([N+](=O)[O-])cnc(S(=O)(=O)Cl)c1C(F)F. The van der Waals surface area contributed by atoms with Crippen LogP contribution in [0.2, 0.25) is 0 Å². The van der Waals surface area contributed by atoms with Crippen LogP contribution in [-0.4, -0.2) is 18.3 Å². The van der Waals surface area contributed by atoms with Gasteiger partial charge in [0.15, 0.2) is 5.03 Å². The Labute approximate surface area is 97.8 Å². The first-order chi connectivity index (χ1) is 7.66. The molecule has 0 aliphatic carbocycles. The van der Waals surface area contributed by atoms with E-state index >= 15 is 0 Å². The average Bonchev–Trinajstić information content (AvgIpc) is 2.14. The van der Waals surface area contributed by atoms with Gasteiger partial charge in [0.05, 0.1) is 10.5 Å². The van der Waals surface area contributed by atoms with Gasteiger partial charge in [-0.25, -0.2) is 22.2 Å². The van der Waals surface area contributed by atoms with E-state index in [9.17, 15) is 27.3 Å². The third kappa shape index (κ3) is 2.58. The highest BCUT2D eigenvalue weighted by atomic mass is 35.7. The van der Waals surface area contributed by atoms with Gasteiger partial charge in [0.25, 0.3) is 15.5 Å². The van der Waals surface area contributed by atoms with Crippen LogP contribution in [0.5, 0.6) is 0 Å². The van der Waals surface area contributed by atoms with Crippen LogP contribution in [0.15, 0.2) is 11.2 Å². The van der Waals surface area contributed by atoms with Gasteiger partial charge in [-0.1, -0.05) is 0 Å². The summed E-state index contributed by atoms with van der Waals surface area (Å²) < 4.78 is 47.1. The highest BCUT2D eigenvalue weighted by Gasteiger charge is 2.31. The number of anilines is 1. The predicted octanol–water partition coefficient (Wildman–Crippen LogP) is 1.44. The Morgan fingerprint density at radius 3 is 2.41 bits per heavy atom. The van der Waals surface area contributed by atoms with E-state index in [1.807, 2.05) is 0 Å². The Balaban J connectivity index is 3.69. The topological polar surface area (TPSA) is 116 Å². The molecule has 0 amide bonds. The molecule has 1 aromatic rings. The van der Waals surface area contributed by atoms with Crippen molar-refractivity contribution < 1.29 is 22.1 Å². The van der Waals surface area contributed by atoms with E-state index in [1.165, 1.54) is 0 Å². The van der Waals surface area contributed by atoms with Gasteiger partial charge in [-0.15, -0.1) is 0 Å². The fourth-order valence-corrected chi connectivity index (χ4v) is 2.07. The number of hydrogen-bond donors (Lipinski definition) is 1. The van der Waals surface area contributed by atoms with Crippen molar-refractivity contribution in [2.75, 3.05) is 5.73 Å². The Bertz CT molecular complexity index is 577. The molecule has 0 aliphatic heterocycles. The zero-order valence-corrected chi connectivity index (χ0v) is 9.37. The van der Waals surface area contributed by atoms with Crippen LogP contribution in [0.25, 0.3) is 0 Å². The quantitative estimate of drug-likeness (QED) is 0.511. The van der Waals surface area contributed by atoms with Gasteiger partial charge in [-0.05, 0) is 0 Å². The maximum atomic E-state index is 12.6. The van der Waals surface area contributed by atoms with Crippen molar-refractivity contribution in [1.82, 2.24) is 4.98 Å². The lowest BCUT2D eigenvalue weighted by Gasteiger charge is -2.08. The van der Waals surface area contributed by atoms with E-state index in [4.69, 9.17) is 16.4 Å². The zero-order valence-electron chi connectivity index (χ0n) is 7.80. The minimum atomic E-state index is -4.56. The number of aromatic nitrogens is 1. The number of pyridine rings is 1. The molecule has 1 heterocycles. The normalized spacial score (nSPS) is 11.8. The number of nitrogens with zero attached hydrogens (tertiary/aromatic N) is 2. The summed E-state index contributed by atoms with van der Waals surface area (Å²) in [5.74, 6) is 0. The van der Waals surface area contributed by atoms with Crippen LogP contribution in [-0.2, 0) is 9.05 Å².